The molecule has 1 aliphatic rings. The van der Waals surface area contributed by atoms with Gasteiger partial charge in [-0.1, -0.05) is 56.5 Å². The van der Waals surface area contributed by atoms with Crippen molar-refractivity contribution in [3.8, 4) is 0 Å². The average molecular weight is 558 g/mol. The second kappa shape index (κ2) is 14.3. The first-order valence-electron chi connectivity index (χ1n) is 13.9. The van der Waals surface area contributed by atoms with E-state index in [-0.39, 0.29) is 30.3 Å². The van der Waals surface area contributed by atoms with Crippen LogP contribution in [0.15, 0.2) is 30.3 Å². The van der Waals surface area contributed by atoms with E-state index in [1.807, 2.05) is 26.8 Å². The van der Waals surface area contributed by atoms with Gasteiger partial charge in [0.25, 0.3) is 0 Å². The highest BCUT2D eigenvalue weighted by Gasteiger charge is 2.53. The van der Waals surface area contributed by atoms with Crippen molar-refractivity contribution in [3.63, 3.8) is 0 Å². The first kappa shape index (κ1) is 32.9. The zero-order valence-electron chi connectivity index (χ0n) is 24.7. The molecule has 2 amide bonds. The van der Waals surface area contributed by atoms with Gasteiger partial charge >= 0.3 is 12.1 Å². The summed E-state index contributed by atoms with van der Waals surface area (Å²) in [7, 11) is 0. The first-order chi connectivity index (χ1) is 18.7. The van der Waals surface area contributed by atoms with E-state index in [1.165, 1.54) is 6.92 Å². The molecule has 2 rings (SSSR count). The minimum absolute atomic E-state index is 0.0932. The highest BCUT2D eigenvalue weighted by molar-refractivity contribution is 6.25. The number of allylic oxidation sites excluding steroid dienone is 1. The molecule has 0 radical (unpaired) electrons. The molecule has 1 fully saturated rings. The van der Waals surface area contributed by atoms with Gasteiger partial charge in [0.2, 0.25) is 5.91 Å². The Bertz CT molecular complexity index is 1140. The van der Waals surface area contributed by atoms with Crippen molar-refractivity contribution >= 4 is 35.1 Å². The SMILES string of the molecule is CC(=O)O[C@H](C(=O)C=C(C(=O)CCCCCCO)c1cccc(C)c1)[C@H](C)C(=O)N1C(=O)OC(C)(C)[C@@H]1C(C)C. The number of aliphatic hydroxyl groups is 1. The summed E-state index contributed by atoms with van der Waals surface area (Å²) in [4.78, 5) is 66.3. The van der Waals surface area contributed by atoms with Gasteiger partial charge in [0.15, 0.2) is 17.7 Å². The number of ether oxygens (including phenoxy) is 2. The number of hydrogen-bond acceptors (Lipinski definition) is 8. The number of unbranched alkanes of at least 4 members (excludes halogenated alkanes) is 3. The molecule has 220 valence electrons. The molecule has 0 aliphatic carbocycles. The third-order valence-corrected chi connectivity index (χ3v) is 7.05. The highest BCUT2D eigenvalue weighted by Crippen LogP contribution is 2.35. The fraction of sp³-hybridized carbons (Fsp3) is 0.581. The van der Waals surface area contributed by atoms with E-state index in [4.69, 9.17) is 14.6 Å². The van der Waals surface area contributed by atoms with E-state index < -0.39 is 47.4 Å². The Kier molecular flexibility index (Phi) is 11.8. The number of cyclic esters (lactones) is 1. The van der Waals surface area contributed by atoms with E-state index >= 15 is 0 Å². The Labute approximate surface area is 236 Å². The molecule has 9 nitrogen and oxygen atoms in total. The fourth-order valence-corrected chi connectivity index (χ4v) is 5.27. The quantitative estimate of drug-likeness (QED) is 0.196. The van der Waals surface area contributed by atoms with E-state index in [2.05, 4.69) is 0 Å². The summed E-state index contributed by atoms with van der Waals surface area (Å²) in [5.74, 6) is -3.81. The van der Waals surface area contributed by atoms with Crippen LogP contribution in [0.25, 0.3) is 5.57 Å². The molecule has 3 atom stereocenters. The highest BCUT2D eigenvalue weighted by atomic mass is 16.6. The van der Waals surface area contributed by atoms with E-state index in [0.717, 1.165) is 36.3 Å². The number of amides is 2. The summed E-state index contributed by atoms with van der Waals surface area (Å²) in [5.41, 5.74) is 0.652. The summed E-state index contributed by atoms with van der Waals surface area (Å²) in [6.45, 7) is 11.7. The smallest absolute Gasteiger partial charge is 0.417 e. The maximum Gasteiger partial charge on any atom is 0.417 e. The molecule has 0 bridgehead atoms. The lowest BCUT2D eigenvalue weighted by molar-refractivity contribution is -0.158. The minimum atomic E-state index is -1.55. The maximum absolute atomic E-state index is 13.6. The Morgan fingerprint density at radius 3 is 2.33 bits per heavy atom. The van der Waals surface area contributed by atoms with E-state index in [0.29, 0.717) is 18.4 Å². The normalized spacial score (nSPS) is 18.3. The fourth-order valence-electron chi connectivity index (χ4n) is 5.27. The van der Waals surface area contributed by atoms with Gasteiger partial charge in [-0.05, 0) is 58.1 Å². The van der Waals surface area contributed by atoms with Crippen LogP contribution in [0.2, 0.25) is 0 Å². The molecule has 0 saturated carbocycles. The number of aryl methyl sites for hydroxylation is 1. The molecule has 1 aliphatic heterocycles. The van der Waals surface area contributed by atoms with Gasteiger partial charge in [0.1, 0.15) is 5.60 Å². The van der Waals surface area contributed by atoms with Crippen LogP contribution in [-0.4, -0.2) is 63.9 Å². The van der Waals surface area contributed by atoms with Gasteiger partial charge in [-0.2, -0.15) is 0 Å². The van der Waals surface area contributed by atoms with Gasteiger partial charge in [0, 0.05) is 25.5 Å². The van der Waals surface area contributed by atoms with Crippen LogP contribution in [0.1, 0.15) is 84.8 Å². The second-order valence-electron chi connectivity index (χ2n) is 11.3. The van der Waals surface area contributed by atoms with Gasteiger partial charge in [-0.15, -0.1) is 0 Å². The first-order valence-corrected chi connectivity index (χ1v) is 13.9. The van der Waals surface area contributed by atoms with Crippen molar-refractivity contribution in [2.75, 3.05) is 6.61 Å². The molecule has 1 aromatic rings. The molecular weight excluding hydrogens is 514 g/mol. The largest absolute Gasteiger partial charge is 0.453 e. The lowest BCUT2D eigenvalue weighted by atomic mass is 9.87. The van der Waals surface area contributed by atoms with Crippen LogP contribution < -0.4 is 0 Å². The van der Waals surface area contributed by atoms with Gasteiger partial charge < -0.3 is 14.6 Å². The molecule has 1 aromatic carbocycles. The van der Waals surface area contributed by atoms with E-state index in [1.54, 1.807) is 32.0 Å². The van der Waals surface area contributed by atoms with Gasteiger partial charge in [-0.25, -0.2) is 9.69 Å². The Hall–Kier alpha value is -3.33. The third kappa shape index (κ3) is 8.34. The molecule has 0 unspecified atom stereocenters. The van der Waals surface area contributed by atoms with E-state index in [9.17, 15) is 24.0 Å². The molecule has 0 aromatic heterocycles. The number of benzene rings is 1. The van der Waals surface area contributed by atoms with Gasteiger partial charge in [0.05, 0.1) is 12.0 Å². The Morgan fingerprint density at radius 2 is 1.75 bits per heavy atom. The second-order valence-corrected chi connectivity index (χ2v) is 11.3. The summed E-state index contributed by atoms with van der Waals surface area (Å²) >= 11 is 0. The Morgan fingerprint density at radius 1 is 1.10 bits per heavy atom. The van der Waals surface area contributed by atoms with Crippen molar-refractivity contribution in [3.05, 3.63) is 41.5 Å². The van der Waals surface area contributed by atoms with Crippen LogP contribution in [0, 0.1) is 18.8 Å². The predicted molar refractivity (Wildman–Crippen MR) is 150 cm³/mol. The number of carbonyl (C=O) groups excluding carboxylic acids is 5. The standard InChI is InChI=1S/C31H43NO8/c1-19(2)28-31(6,7)40-30(38)32(28)29(37)21(4)27(39-22(5)34)26(36)18-24(23-14-12-13-20(3)17-23)25(35)15-10-8-9-11-16-33/h12-14,17-19,21,27-28,33H,8-11,15-16H2,1-7H3/t21-,27-,28-/m0/s1. The van der Waals surface area contributed by atoms with Crippen LogP contribution in [-0.2, 0) is 28.7 Å². The lowest BCUT2D eigenvalue weighted by Gasteiger charge is -2.33. The van der Waals surface area contributed by atoms with Crippen molar-refractivity contribution < 1.29 is 38.6 Å². The molecule has 1 N–H and O–H groups in total. The molecule has 0 spiro atoms. The topological polar surface area (TPSA) is 127 Å². The van der Waals surface area contributed by atoms with Gasteiger partial charge in [-0.3, -0.25) is 19.2 Å². The zero-order valence-corrected chi connectivity index (χ0v) is 24.7. The number of nitrogens with zero attached hydrogens (tertiary/aromatic N) is 1. The average Bonchev–Trinajstić information content (AvgIpc) is 3.12. The maximum atomic E-state index is 13.6. The summed E-state index contributed by atoms with van der Waals surface area (Å²) < 4.78 is 10.8. The van der Waals surface area contributed by atoms with Crippen LogP contribution in [0.3, 0.4) is 0 Å². The number of hydrogen-bond donors (Lipinski definition) is 1. The minimum Gasteiger partial charge on any atom is -0.453 e. The van der Waals surface area contributed by atoms with Crippen LogP contribution in [0.4, 0.5) is 4.79 Å². The third-order valence-electron chi connectivity index (χ3n) is 7.05. The molecule has 9 heteroatoms. The van der Waals surface area contributed by atoms with Crippen LogP contribution >= 0.6 is 0 Å². The number of rotatable bonds is 14. The molecule has 1 heterocycles. The predicted octanol–water partition coefficient (Wildman–Crippen LogP) is 4.81. The monoisotopic (exact) mass is 557 g/mol. The zero-order chi connectivity index (χ0) is 30.2. The molecular formula is C31H43NO8. The number of ketones is 2. The van der Waals surface area contributed by atoms with Crippen molar-refractivity contribution in [1.29, 1.82) is 0 Å². The lowest BCUT2D eigenvalue weighted by Crippen LogP contribution is -2.52. The number of imide groups is 1. The summed E-state index contributed by atoms with van der Waals surface area (Å²) in [5, 5.41) is 8.98. The Balaban J connectivity index is 2.43. The van der Waals surface area contributed by atoms with Crippen molar-refractivity contribution in [2.45, 2.75) is 98.3 Å². The molecule has 1 saturated heterocycles. The summed E-state index contributed by atoms with van der Waals surface area (Å²) in [6.07, 6.45) is 1.75. The number of esters is 1. The number of carbonyl (C=O) groups is 5. The number of Topliss-reactive ketones (excluding diaryl/α,β-unsaturated/α-hetero) is 1. The number of aliphatic hydroxyl groups excluding tert-OH is 1. The molecule has 40 heavy (non-hydrogen) atoms. The summed E-state index contributed by atoms with van der Waals surface area (Å²) in [6, 6.07) is 6.56. The van der Waals surface area contributed by atoms with Crippen molar-refractivity contribution in [2.24, 2.45) is 11.8 Å². The van der Waals surface area contributed by atoms with Crippen LogP contribution in [0.5, 0.6) is 0 Å². The van der Waals surface area contributed by atoms with Crippen molar-refractivity contribution in [1.82, 2.24) is 4.90 Å².